The first-order chi connectivity index (χ1) is 12.4. The van der Waals surface area contributed by atoms with Gasteiger partial charge in [-0.25, -0.2) is 13.2 Å². The maximum atomic E-state index is 13.6. The van der Waals surface area contributed by atoms with Crippen molar-refractivity contribution < 1.29 is 18.0 Å². The summed E-state index contributed by atoms with van der Waals surface area (Å²) in [5, 5.41) is 12.6. The van der Waals surface area contributed by atoms with Gasteiger partial charge in [-0.2, -0.15) is 0 Å². The summed E-state index contributed by atoms with van der Waals surface area (Å²) >= 11 is 0. The zero-order valence-electron chi connectivity index (χ0n) is 13.6. The lowest BCUT2D eigenvalue weighted by Gasteiger charge is -2.08. The molecule has 1 amide bonds. The van der Waals surface area contributed by atoms with Gasteiger partial charge in [0.1, 0.15) is 0 Å². The maximum absolute atomic E-state index is 13.6. The molecule has 0 atom stereocenters. The van der Waals surface area contributed by atoms with E-state index in [1.165, 1.54) is 12.1 Å². The average Bonchev–Trinajstić information content (AvgIpc) is 2.64. The summed E-state index contributed by atoms with van der Waals surface area (Å²) in [5.41, 5.74) is 1.41. The van der Waals surface area contributed by atoms with Crippen molar-refractivity contribution in [2.45, 2.75) is 6.92 Å². The molecule has 0 saturated carbocycles. The number of hydrogen-bond acceptors (Lipinski definition) is 4. The van der Waals surface area contributed by atoms with Crippen LogP contribution >= 0.6 is 0 Å². The van der Waals surface area contributed by atoms with E-state index in [1.807, 2.05) is 19.1 Å². The fraction of sp³-hybridized carbons (Fsp3) is 0.0556. The SMILES string of the molecule is Cc1ccc(NC(=O)c2ccc(Nc3ccc(F)c(F)c3F)nn2)cc1. The first kappa shape index (κ1) is 17.4. The molecule has 132 valence electrons. The number of carbonyl (C=O) groups excluding carboxylic acids is 1. The van der Waals surface area contributed by atoms with E-state index in [1.54, 1.807) is 12.1 Å². The van der Waals surface area contributed by atoms with Crippen LogP contribution in [0.2, 0.25) is 0 Å². The van der Waals surface area contributed by atoms with Crippen LogP contribution in [0.5, 0.6) is 0 Å². The first-order valence-corrected chi connectivity index (χ1v) is 7.56. The van der Waals surface area contributed by atoms with Crippen molar-refractivity contribution in [3.8, 4) is 0 Å². The summed E-state index contributed by atoms with van der Waals surface area (Å²) in [6.07, 6.45) is 0. The number of nitrogens with zero attached hydrogens (tertiary/aromatic N) is 2. The molecule has 2 N–H and O–H groups in total. The highest BCUT2D eigenvalue weighted by Crippen LogP contribution is 2.22. The molecule has 1 aromatic heterocycles. The van der Waals surface area contributed by atoms with Gasteiger partial charge < -0.3 is 10.6 Å². The van der Waals surface area contributed by atoms with Gasteiger partial charge in [-0.05, 0) is 43.3 Å². The lowest BCUT2D eigenvalue weighted by atomic mass is 10.2. The van der Waals surface area contributed by atoms with E-state index in [4.69, 9.17) is 0 Å². The number of aromatic nitrogens is 2. The zero-order valence-corrected chi connectivity index (χ0v) is 13.6. The Bertz CT molecular complexity index is 944. The number of benzene rings is 2. The van der Waals surface area contributed by atoms with E-state index in [2.05, 4.69) is 20.8 Å². The van der Waals surface area contributed by atoms with Crippen LogP contribution in [0.15, 0.2) is 48.5 Å². The Morgan fingerprint density at radius 3 is 2.27 bits per heavy atom. The number of amides is 1. The summed E-state index contributed by atoms with van der Waals surface area (Å²) in [7, 11) is 0. The van der Waals surface area contributed by atoms with Crippen LogP contribution in [-0.4, -0.2) is 16.1 Å². The third-order valence-corrected chi connectivity index (χ3v) is 3.50. The molecular weight excluding hydrogens is 345 g/mol. The first-order valence-electron chi connectivity index (χ1n) is 7.56. The molecule has 0 spiro atoms. The van der Waals surface area contributed by atoms with Gasteiger partial charge in [0.25, 0.3) is 5.91 Å². The van der Waals surface area contributed by atoms with Crippen LogP contribution in [0.3, 0.4) is 0 Å². The number of nitrogens with one attached hydrogen (secondary N) is 2. The van der Waals surface area contributed by atoms with Crippen molar-refractivity contribution >= 4 is 23.1 Å². The second-order valence-corrected chi connectivity index (χ2v) is 5.47. The number of hydrogen-bond donors (Lipinski definition) is 2. The molecule has 26 heavy (non-hydrogen) atoms. The Hall–Kier alpha value is -3.42. The normalized spacial score (nSPS) is 10.5. The van der Waals surface area contributed by atoms with Crippen molar-refractivity contribution in [2.75, 3.05) is 10.6 Å². The van der Waals surface area contributed by atoms with E-state index >= 15 is 0 Å². The van der Waals surface area contributed by atoms with Gasteiger partial charge in [0.05, 0.1) is 5.69 Å². The largest absolute Gasteiger partial charge is 0.336 e. The average molecular weight is 358 g/mol. The minimum Gasteiger partial charge on any atom is -0.336 e. The summed E-state index contributed by atoms with van der Waals surface area (Å²) in [6, 6.07) is 11.8. The monoisotopic (exact) mass is 358 g/mol. The van der Waals surface area contributed by atoms with Crippen molar-refractivity contribution in [2.24, 2.45) is 0 Å². The molecule has 1 heterocycles. The molecule has 0 aliphatic carbocycles. The number of anilines is 3. The Labute approximate surface area is 146 Å². The molecule has 0 aliphatic rings. The van der Waals surface area contributed by atoms with E-state index < -0.39 is 23.4 Å². The molecule has 0 fully saturated rings. The maximum Gasteiger partial charge on any atom is 0.276 e. The summed E-state index contributed by atoms with van der Waals surface area (Å²) in [5.74, 6) is -4.64. The van der Waals surface area contributed by atoms with E-state index in [-0.39, 0.29) is 17.2 Å². The molecule has 0 unspecified atom stereocenters. The second kappa shape index (κ2) is 7.22. The third-order valence-electron chi connectivity index (χ3n) is 3.50. The van der Waals surface area contributed by atoms with E-state index in [9.17, 15) is 18.0 Å². The number of aryl methyl sites for hydroxylation is 1. The minimum absolute atomic E-state index is 0.0434. The Morgan fingerprint density at radius 1 is 0.885 bits per heavy atom. The van der Waals surface area contributed by atoms with Gasteiger partial charge in [0, 0.05) is 5.69 Å². The van der Waals surface area contributed by atoms with Crippen LogP contribution in [-0.2, 0) is 0 Å². The zero-order chi connectivity index (χ0) is 18.7. The van der Waals surface area contributed by atoms with Crippen molar-refractivity contribution in [3.05, 3.63) is 77.2 Å². The number of rotatable bonds is 4. The van der Waals surface area contributed by atoms with Gasteiger partial charge in [0.15, 0.2) is 29.0 Å². The molecule has 3 rings (SSSR count). The fourth-order valence-electron chi connectivity index (χ4n) is 2.11. The molecule has 0 bridgehead atoms. The highest BCUT2D eigenvalue weighted by atomic mass is 19.2. The molecule has 0 saturated heterocycles. The molecule has 0 aliphatic heterocycles. The standard InChI is InChI=1S/C18H13F3N4O/c1-10-2-4-11(5-3-10)22-18(26)14-8-9-15(25-24-14)23-13-7-6-12(19)16(20)17(13)21/h2-9H,1H3,(H,22,26)(H,23,25). The summed E-state index contributed by atoms with van der Waals surface area (Å²) in [6.45, 7) is 1.93. The molecular formula is C18H13F3N4O. The van der Waals surface area contributed by atoms with Crippen LogP contribution in [0, 0.1) is 24.4 Å². The Balaban J connectivity index is 1.71. The van der Waals surface area contributed by atoms with Crippen LogP contribution in [0.1, 0.15) is 16.1 Å². The topological polar surface area (TPSA) is 66.9 Å². The predicted molar refractivity (Wildman–Crippen MR) is 90.8 cm³/mol. The number of carbonyl (C=O) groups is 1. The number of halogens is 3. The molecule has 2 aromatic carbocycles. The fourth-order valence-corrected chi connectivity index (χ4v) is 2.11. The minimum atomic E-state index is -1.59. The van der Waals surface area contributed by atoms with Gasteiger partial charge in [-0.3, -0.25) is 4.79 Å². The second-order valence-electron chi connectivity index (χ2n) is 5.47. The molecule has 3 aromatic rings. The smallest absolute Gasteiger partial charge is 0.276 e. The van der Waals surface area contributed by atoms with Crippen LogP contribution in [0.4, 0.5) is 30.4 Å². The van der Waals surface area contributed by atoms with Gasteiger partial charge in [-0.1, -0.05) is 17.7 Å². The van der Waals surface area contributed by atoms with Crippen molar-refractivity contribution in [1.82, 2.24) is 10.2 Å². The summed E-state index contributed by atoms with van der Waals surface area (Å²) in [4.78, 5) is 12.1. The van der Waals surface area contributed by atoms with Gasteiger partial charge in [-0.15, -0.1) is 10.2 Å². The van der Waals surface area contributed by atoms with Gasteiger partial charge >= 0.3 is 0 Å². The lowest BCUT2D eigenvalue weighted by Crippen LogP contribution is -2.14. The van der Waals surface area contributed by atoms with E-state index in [0.29, 0.717) is 5.69 Å². The van der Waals surface area contributed by atoms with Crippen LogP contribution < -0.4 is 10.6 Å². The highest BCUT2D eigenvalue weighted by Gasteiger charge is 2.14. The van der Waals surface area contributed by atoms with E-state index in [0.717, 1.165) is 17.7 Å². The Morgan fingerprint density at radius 2 is 1.62 bits per heavy atom. The van der Waals surface area contributed by atoms with Crippen molar-refractivity contribution in [1.29, 1.82) is 0 Å². The van der Waals surface area contributed by atoms with Gasteiger partial charge in [0.2, 0.25) is 0 Å². The molecule has 5 nitrogen and oxygen atoms in total. The Kier molecular flexibility index (Phi) is 4.83. The third kappa shape index (κ3) is 3.80. The quantitative estimate of drug-likeness (QED) is 0.686. The van der Waals surface area contributed by atoms with Crippen LogP contribution in [0.25, 0.3) is 0 Å². The molecule has 0 radical (unpaired) electrons. The highest BCUT2D eigenvalue weighted by molar-refractivity contribution is 6.02. The lowest BCUT2D eigenvalue weighted by molar-refractivity contribution is 0.102. The summed E-state index contributed by atoms with van der Waals surface area (Å²) < 4.78 is 39.8. The van der Waals surface area contributed by atoms with Crippen molar-refractivity contribution in [3.63, 3.8) is 0 Å². The predicted octanol–water partition coefficient (Wildman–Crippen LogP) is 4.20. The molecule has 8 heteroatoms.